The van der Waals surface area contributed by atoms with Gasteiger partial charge in [-0.15, -0.1) is 0 Å². The van der Waals surface area contributed by atoms with Crippen molar-refractivity contribution in [3.05, 3.63) is 40.4 Å². The number of carbonyl (C=O) groups is 1. The normalized spacial score (nSPS) is 12.0. The lowest BCUT2D eigenvalue weighted by Gasteiger charge is -2.15. The van der Waals surface area contributed by atoms with Crippen molar-refractivity contribution in [2.24, 2.45) is 0 Å². The number of aryl methyl sites for hydroxylation is 1. The number of benzene rings is 1. The summed E-state index contributed by atoms with van der Waals surface area (Å²) in [6.07, 6.45) is -0.849. The third kappa shape index (κ3) is 4.35. The van der Waals surface area contributed by atoms with E-state index in [4.69, 9.17) is 17.0 Å². The van der Waals surface area contributed by atoms with Crippen LogP contribution in [0.25, 0.3) is 0 Å². The summed E-state index contributed by atoms with van der Waals surface area (Å²) in [5.41, 5.74) is 0. The largest absolute Gasteiger partial charge is 0.481 e. The predicted molar refractivity (Wildman–Crippen MR) is 81.6 cm³/mol. The van der Waals surface area contributed by atoms with E-state index in [1.165, 1.54) is 13.0 Å². The molecule has 1 aromatic carbocycles. The Morgan fingerprint density at radius 3 is 2.83 bits per heavy atom. The second kappa shape index (κ2) is 7.32. The smallest absolute Gasteiger partial charge is 0.260 e. The number of amides is 1. The lowest BCUT2D eigenvalue weighted by molar-refractivity contribution is -0.127. The van der Waals surface area contributed by atoms with Crippen LogP contribution in [0.4, 0.5) is 8.78 Å². The molecule has 2 rings (SSSR count). The Balaban J connectivity index is 1.85. The van der Waals surface area contributed by atoms with Crippen LogP contribution in [0.1, 0.15) is 12.7 Å². The predicted octanol–water partition coefficient (Wildman–Crippen LogP) is 2.11. The molecule has 0 saturated carbocycles. The summed E-state index contributed by atoms with van der Waals surface area (Å²) in [7, 11) is 0. The van der Waals surface area contributed by atoms with Crippen molar-refractivity contribution >= 4 is 18.1 Å². The minimum atomic E-state index is -1.03. The maximum absolute atomic E-state index is 13.1. The molecule has 6 nitrogen and oxygen atoms in total. The number of ether oxygens (including phenoxy) is 1. The number of aromatic nitrogens is 3. The van der Waals surface area contributed by atoms with Gasteiger partial charge in [0.25, 0.3) is 5.91 Å². The number of carbonyl (C=O) groups excluding carboxylic acids is 1. The van der Waals surface area contributed by atoms with E-state index < -0.39 is 17.7 Å². The highest BCUT2D eigenvalue weighted by Crippen LogP contribution is 2.16. The summed E-state index contributed by atoms with van der Waals surface area (Å²) < 4.78 is 33.4. The van der Waals surface area contributed by atoms with E-state index in [0.717, 1.165) is 18.0 Å². The van der Waals surface area contributed by atoms with Crippen molar-refractivity contribution in [3.63, 3.8) is 0 Å². The second-order valence-electron chi connectivity index (χ2n) is 4.85. The van der Waals surface area contributed by atoms with E-state index in [1.54, 1.807) is 11.5 Å². The third-order valence-corrected chi connectivity index (χ3v) is 3.47. The monoisotopic (exact) mass is 342 g/mol. The molecule has 1 atom stereocenters. The van der Waals surface area contributed by atoms with E-state index in [0.29, 0.717) is 17.9 Å². The number of halogens is 2. The Morgan fingerprint density at radius 1 is 1.48 bits per heavy atom. The first-order valence-electron chi connectivity index (χ1n) is 6.89. The van der Waals surface area contributed by atoms with Crippen LogP contribution in [-0.4, -0.2) is 33.3 Å². The summed E-state index contributed by atoms with van der Waals surface area (Å²) in [5.74, 6) is -1.57. The van der Waals surface area contributed by atoms with E-state index in [-0.39, 0.29) is 11.7 Å². The van der Waals surface area contributed by atoms with Gasteiger partial charge in [-0.25, -0.2) is 8.78 Å². The van der Waals surface area contributed by atoms with Crippen LogP contribution in [0.3, 0.4) is 0 Å². The Kier molecular flexibility index (Phi) is 5.43. The number of aromatic amines is 1. The molecule has 9 heteroatoms. The SMILES string of the molecule is Cc1n[nH]c(=S)n1CCNC(=O)[C@H](C)Oc1ccc(F)c(F)c1. The molecule has 0 saturated heterocycles. The molecule has 2 N–H and O–H groups in total. The topological polar surface area (TPSA) is 71.9 Å². The fourth-order valence-electron chi connectivity index (χ4n) is 1.90. The van der Waals surface area contributed by atoms with Gasteiger partial charge in [-0.05, 0) is 38.2 Å². The summed E-state index contributed by atoms with van der Waals surface area (Å²) in [6.45, 7) is 4.11. The van der Waals surface area contributed by atoms with E-state index in [2.05, 4.69) is 15.5 Å². The van der Waals surface area contributed by atoms with Gasteiger partial charge in [-0.1, -0.05) is 0 Å². The summed E-state index contributed by atoms with van der Waals surface area (Å²) in [5, 5.41) is 9.30. The summed E-state index contributed by atoms with van der Waals surface area (Å²) >= 11 is 5.05. The highest BCUT2D eigenvalue weighted by molar-refractivity contribution is 7.71. The van der Waals surface area contributed by atoms with Gasteiger partial charge in [0.15, 0.2) is 22.5 Å². The maximum atomic E-state index is 13.1. The zero-order valence-electron chi connectivity index (χ0n) is 12.6. The van der Waals surface area contributed by atoms with Crippen molar-refractivity contribution in [1.82, 2.24) is 20.1 Å². The lowest BCUT2D eigenvalue weighted by Crippen LogP contribution is -2.38. The van der Waals surface area contributed by atoms with Crippen LogP contribution in [0.15, 0.2) is 18.2 Å². The molecule has 1 amide bonds. The number of hydrogen-bond donors (Lipinski definition) is 2. The Morgan fingerprint density at radius 2 is 2.22 bits per heavy atom. The molecule has 0 spiro atoms. The highest BCUT2D eigenvalue weighted by atomic mass is 32.1. The van der Waals surface area contributed by atoms with E-state index in [1.807, 2.05) is 0 Å². The quantitative estimate of drug-likeness (QED) is 0.789. The standard InChI is InChI=1S/C14H16F2N4O2S/c1-8(22-10-3-4-11(15)12(16)7-10)13(21)17-5-6-20-9(2)18-19-14(20)23/h3-4,7-8H,5-6H2,1-2H3,(H,17,21)(H,19,23)/t8-/m0/s1. The van der Waals surface area contributed by atoms with Crippen molar-refractivity contribution in [2.75, 3.05) is 6.54 Å². The minimum Gasteiger partial charge on any atom is -0.481 e. The molecule has 0 radical (unpaired) electrons. The van der Waals surface area contributed by atoms with Crippen LogP contribution in [0, 0.1) is 23.3 Å². The van der Waals surface area contributed by atoms with Crippen molar-refractivity contribution < 1.29 is 18.3 Å². The van der Waals surface area contributed by atoms with Crippen molar-refractivity contribution in [1.29, 1.82) is 0 Å². The first kappa shape index (κ1) is 17.1. The fraction of sp³-hybridized carbons (Fsp3) is 0.357. The van der Waals surface area contributed by atoms with Gasteiger partial charge in [0, 0.05) is 19.2 Å². The van der Waals surface area contributed by atoms with Crippen LogP contribution in [0.2, 0.25) is 0 Å². The van der Waals surface area contributed by atoms with Crippen LogP contribution in [-0.2, 0) is 11.3 Å². The van der Waals surface area contributed by atoms with Gasteiger partial charge < -0.3 is 14.6 Å². The average molecular weight is 342 g/mol. The molecule has 2 aromatic rings. The van der Waals surface area contributed by atoms with Crippen molar-refractivity contribution in [3.8, 4) is 5.75 Å². The van der Waals surface area contributed by atoms with Crippen LogP contribution >= 0.6 is 12.2 Å². The molecule has 0 unspecified atom stereocenters. The van der Waals surface area contributed by atoms with Gasteiger partial charge in [0.05, 0.1) is 0 Å². The average Bonchev–Trinajstić information content (AvgIpc) is 2.82. The fourth-order valence-corrected chi connectivity index (χ4v) is 2.17. The molecule has 1 heterocycles. The Bertz CT molecular complexity index is 759. The maximum Gasteiger partial charge on any atom is 0.260 e. The number of nitrogens with zero attached hydrogens (tertiary/aromatic N) is 2. The number of H-pyrrole nitrogens is 1. The van der Waals surface area contributed by atoms with Gasteiger partial charge in [0.2, 0.25) is 0 Å². The number of hydrogen-bond acceptors (Lipinski definition) is 4. The molecule has 0 fully saturated rings. The minimum absolute atomic E-state index is 0.0828. The summed E-state index contributed by atoms with van der Waals surface area (Å²) in [4.78, 5) is 11.9. The molecular weight excluding hydrogens is 326 g/mol. The van der Waals surface area contributed by atoms with Gasteiger partial charge in [0.1, 0.15) is 11.6 Å². The number of nitrogens with one attached hydrogen (secondary N) is 2. The lowest BCUT2D eigenvalue weighted by atomic mass is 10.3. The molecule has 0 aliphatic heterocycles. The molecular formula is C14H16F2N4O2S. The molecule has 1 aromatic heterocycles. The first-order chi connectivity index (χ1) is 10.9. The molecule has 124 valence electrons. The third-order valence-electron chi connectivity index (χ3n) is 3.16. The van der Waals surface area contributed by atoms with Gasteiger partial charge in [-0.2, -0.15) is 5.10 Å². The second-order valence-corrected chi connectivity index (χ2v) is 5.24. The zero-order valence-corrected chi connectivity index (χ0v) is 13.4. The number of rotatable bonds is 6. The molecule has 0 aliphatic carbocycles. The highest BCUT2D eigenvalue weighted by Gasteiger charge is 2.15. The Labute approximate surface area is 136 Å². The zero-order chi connectivity index (χ0) is 17.0. The van der Waals surface area contributed by atoms with Crippen LogP contribution in [0.5, 0.6) is 5.75 Å². The van der Waals surface area contributed by atoms with Gasteiger partial charge in [-0.3, -0.25) is 9.89 Å². The molecule has 0 bridgehead atoms. The molecule has 23 heavy (non-hydrogen) atoms. The summed E-state index contributed by atoms with van der Waals surface area (Å²) in [6, 6.07) is 3.10. The van der Waals surface area contributed by atoms with Gasteiger partial charge >= 0.3 is 0 Å². The van der Waals surface area contributed by atoms with Crippen molar-refractivity contribution in [2.45, 2.75) is 26.5 Å². The Hall–Kier alpha value is -2.29. The molecule has 0 aliphatic rings. The van der Waals surface area contributed by atoms with E-state index in [9.17, 15) is 13.6 Å². The first-order valence-corrected chi connectivity index (χ1v) is 7.30. The van der Waals surface area contributed by atoms with E-state index >= 15 is 0 Å². The van der Waals surface area contributed by atoms with Crippen LogP contribution < -0.4 is 10.1 Å².